The lowest BCUT2D eigenvalue weighted by Crippen LogP contribution is -2.37. The Labute approximate surface area is 196 Å². The first kappa shape index (κ1) is 21.4. The van der Waals surface area contributed by atoms with Gasteiger partial charge in [-0.05, 0) is 55.3 Å². The predicted octanol–water partition coefficient (Wildman–Crippen LogP) is 5.92. The molecular weight excluding hydrogens is 436 g/mol. The second-order valence-electron chi connectivity index (χ2n) is 7.82. The Morgan fingerprint density at radius 3 is 2.70 bits per heavy atom. The summed E-state index contributed by atoms with van der Waals surface area (Å²) >= 11 is 1.49. The van der Waals surface area contributed by atoms with Gasteiger partial charge in [0.1, 0.15) is 17.2 Å². The van der Waals surface area contributed by atoms with Gasteiger partial charge in [0.05, 0.1) is 30.0 Å². The number of ether oxygens (including phenoxy) is 3. The van der Waals surface area contributed by atoms with Crippen LogP contribution in [0.25, 0.3) is 10.2 Å². The van der Waals surface area contributed by atoms with Crippen LogP contribution in [0.2, 0.25) is 0 Å². The Kier molecular flexibility index (Phi) is 6.24. The summed E-state index contributed by atoms with van der Waals surface area (Å²) in [6, 6.07) is 22.5. The van der Waals surface area contributed by atoms with Crippen LogP contribution in [0.4, 0.5) is 5.13 Å². The molecule has 0 radical (unpaired) electrons. The molecule has 7 heteroatoms. The molecule has 1 aromatic heterocycles. The highest BCUT2D eigenvalue weighted by Gasteiger charge is 2.27. The van der Waals surface area contributed by atoms with Gasteiger partial charge in [-0.15, -0.1) is 0 Å². The van der Waals surface area contributed by atoms with E-state index in [1.165, 1.54) is 11.3 Å². The third-order valence-electron chi connectivity index (χ3n) is 5.53. The van der Waals surface area contributed by atoms with Crippen molar-refractivity contribution in [3.63, 3.8) is 0 Å². The molecule has 0 aliphatic carbocycles. The molecule has 1 saturated heterocycles. The number of para-hydroxylation sites is 1. The molecule has 0 N–H and O–H groups in total. The van der Waals surface area contributed by atoms with Crippen LogP contribution in [0.3, 0.4) is 0 Å². The number of thiazole rings is 1. The van der Waals surface area contributed by atoms with E-state index in [9.17, 15) is 4.79 Å². The number of nitrogens with zero attached hydrogens (tertiary/aromatic N) is 2. The third kappa shape index (κ3) is 4.84. The molecule has 33 heavy (non-hydrogen) atoms. The molecule has 3 aromatic carbocycles. The van der Waals surface area contributed by atoms with Gasteiger partial charge in [0.15, 0.2) is 5.13 Å². The Hall–Kier alpha value is -3.42. The summed E-state index contributed by atoms with van der Waals surface area (Å²) in [5.74, 6) is 1.94. The fourth-order valence-electron chi connectivity index (χ4n) is 3.85. The fraction of sp³-hybridized carbons (Fsp3) is 0.231. The molecular formula is C26H24N2O4S. The van der Waals surface area contributed by atoms with Gasteiger partial charge in [0.2, 0.25) is 0 Å². The maximum atomic E-state index is 13.7. The highest BCUT2D eigenvalue weighted by atomic mass is 32.1. The quantitative estimate of drug-likeness (QED) is 0.342. The van der Waals surface area contributed by atoms with E-state index in [2.05, 4.69) is 0 Å². The zero-order valence-electron chi connectivity index (χ0n) is 18.3. The highest BCUT2D eigenvalue weighted by molar-refractivity contribution is 7.22. The molecule has 0 spiro atoms. The second kappa shape index (κ2) is 9.60. The lowest BCUT2D eigenvalue weighted by molar-refractivity contribution is 0.0917. The highest BCUT2D eigenvalue weighted by Crippen LogP contribution is 2.33. The minimum absolute atomic E-state index is 0.000695. The SMILES string of the molecule is COc1ccc2sc(N(CC3CCCO3)C(=O)c3cccc(Oc4ccccc4)c3)nc2c1. The molecule has 0 bridgehead atoms. The number of carbonyl (C=O) groups is 1. The van der Waals surface area contributed by atoms with Crippen LogP contribution < -0.4 is 14.4 Å². The summed E-state index contributed by atoms with van der Waals surface area (Å²) in [4.78, 5) is 20.2. The fourth-order valence-corrected chi connectivity index (χ4v) is 4.80. The first-order valence-electron chi connectivity index (χ1n) is 10.9. The van der Waals surface area contributed by atoms with Gasteiger partial charge in [-0.3, -0.25) is 9.69 Å². The number of methoxy groups -OCH3 is 1. The Morgan fingerprint density at radius 2 is 1.91 bits per heavy atom. The lowest BCUT2D eigenvalue weighted by Gasteiger charge is -2.23. The van der Waals surface area contributed by atoms with E-state index in [4.69, 9.17) is 19.2 Å². The topological polar surface area (TPSA) is 60.9 Å². The van der Waals surface area contributed by atoms with Gasteiger partial charge in [-0.2, -0.15) is 0 Å². The van der Waals surface area contributed by atoms with Crippen molar-refractivity contribution >= 4 is 32.6 Å². The molecule has 1 unspecified atom stereocenters. The number of hydrogen-bond acceptors (Lipinski definition) is 6. The van der Waals surface area contributed by atoms with Gasteiger partial charge < -0.3 is 14.2 Å². The summed E-state index contributed by atoms with van der Waals surface area (Å²) in [5, 5.41) is 0.646. The predicted molar refractivity (Wildman–Crippen MR) is 130 cm³/mol. The monoisotopic (exact) mass is 460 g/mol. The summed E-state index contributed by atoms with van der Waals surface area (Å²) in [5.41, 5.74) is 1.35. The van der Waals surface area contributed by atoms with Crippen LogP contribution in [0.5, 0.6) is 17.2 Å². The van der Waals surface area contributed by atoms with Gasteiger partial charge >= 0.3 is 0 Å². The molecule has 168 valence electrons. The first-order chi connectivity index (χ1) is 16.2. The van der Waals surface area contributed by atoms with Gasteiger partial charge in [-0.25, -0.2) is 4.98 Å². The molecule has 1 amide bonds. The van der Waals surface area contributed by atoms with E-state index in [0.717, 1.165) is 41.2 Å². The van der Waals surface area contributed by atoms with Crippen molar-refractivity contribution in [2.24, 2.45) is 0 Å². The van der Waals surface area contributed by atoms with Crippen LogP contribution in [-0.4, -0.2) is 37.3 Å². The van der Waals surface area contributed by atoms with Crippen molar-refractivity contribution in [1.82, 2.24) is 4.98 Å². The number of rotatable bonds is 7. The average molecular weight is 461 g/mol. The Bertz CT molecular complexity index is 1250. The van der Waals surface area contributed by atoms with Gasteiger partial charge in [0.25, 0.3) is 5.91 Å². The van der Waals surface area contributed by atoms with E-state index in [1.807, 2.05) is 60.7 Å². The first-order valence-corrected chi connectivity index (χ1v) is 11.7. The number of amides is 1. The van der Waals surface area contributed by atoms with Crippen molar-refractivity contribution in [3.05, 3.63) is 78.4 Å². The normalized spacial score (nSPS) is 15.5. The standard InChI is InChI=1S/C26H24N2O4S/c1-30-20-12-13-24-23(16-20)27-26(33-24)28(17-22-11-6-14-31-22)25(29)18-7-5-10-21(15-18)32-19-8-3-2-4-9-19/h2-5,7-10,12-13,15-16,22H,6,11,14,17H2,1H3. The molecule has 5 rings (SSSR count). The van der Waals surface area contributed by atoms with Crippen molar-refractivity contribution in [1.29, 1.82) is 0 Å². The number of aromatic nitrogens is 1. The maximum Gasteiger partial charge on any atom is 0.260 e. The average Bonchev–Trinajstić information content (AvgIpc) is 3.52. The molecule has 1 aliphatic heterocycles. The van der Waals surface area contributed by atoms with E-state index in [1.54, 1.807) is 24.1 Å². The third-order valence-corrected chi connectivity index (χ3v) is 6.59. The number of fused-ring (bicyclic) bond motifs is 1. The van der Waals surface area contributed by atoms with Crippen molar-refractivity contribution in [3.8, 4) is 17.2 Å². The number of hydrogen-bond donors (Lipinski definition) is 0. The van der Waals surface area contributed by atoms with Crippen molar-refractivity contribution in [2.45, 2.75) is 18.9 Å². The van der Waals surface area contributed by atoms with E-state index in [0.29, 0.717) is 23.0 Å². The largest absolute Gasteiger partial charge is 0.497 e. The van der Waals surface area contributed by atoms with Crippen LogP contribution >= 0.6 is 11.3 Å². The van der Waals surface area contributed by atoms with Crippen LogP contribution in [-0.2, 0) is 4.74 Å². The lowest BCUT2D eigenvalue weighted by atomic mass is 10.1. The molecule has 2 heterocycles. The number of carbonyl (C=O) groups excluding carboxylic acids is 1. The van der Waals surface area contributed by atoms with E-state index < -0.39 is 0 Å². The maximum absolute atomic E-state index is 13.7. The van der Waals surface area contributed by atoms with Crippen molar-refractivity contribution < 1.29 is 19.0 Å². The van der Waals surface area contributed by atoms with E-state index in [-0.39, 0.29) is 12.0 Å². The zero-order chi connectivity index (χ0) is 22.6. The Morgan fingerprint density at radius 1 is 1.06 bits per heavy atom. The van der Waals surface area contributed by atoms with Gasteiger partial charge in [0, 0.05) is 18.2 Å². The molecule has 6 nitrogen and oxygen atoms in total. The minimum Gasteiger partial charge on any atom is -0.497 e. The second-order valence-corrected chi connectivity index (χ2v) is 8.83. The zero-order valence-corrected chi connectivity index (χ0v) is 19.1. The smallest absolute Gasteiger partial charge is 0.260 e. The number of benzene rings is 3. The molecule has 0 saturated carbocycles. The molecule has 4 aromatic rings. The Balaban J connectivity index is 1.46. The summed E-state index contributed by atoms with van der Waals surface area (Å²) < 4.78 is 18.1. The van der Waals surface area contributed by atoms with E-state index >= 15 is 0 Å². The molecule has 1 fully saturated rings. The van der Waals surface area contributed by atoms with Crippen LogP contribution in [0.1, 0.15) is 23.2 Å². The van der Waals surface area contributed by atoms with Crippen molar-refractivity contribution in [2.75, 3.05) is 25.2 Å². The van der Waals surface area contributed by atoms with Crippen LogP contribution in [0, 0.1) is 0 Å². The summed E-state index contributed by atoms with van der Waals surface area (Å²) in [7, 11) is 1.63. The van der Waals surface area contributed by atoms with Crippen LogP contribution in [0.15, 0.2) is 72.8 Å². The number of anilines is 1. The minimum atomic E-state index is -0.130. The molecule has 1 atom stereocenters. The molecule has 1 aliphatic rings. The summed E-state index contributed by atoms with van der Waals surface area (Å²) in [6.07, 6.45) is 1.93. The van der Waals surface area contributed by atoms with Gasteiger partial charge in [-0.1, -0.05) is 35.6 Å². The summed E-state index contributed by atoms with van der Waals surface area (Å²) in [6.45, 7) is 1.18.